The molecule has 0 aliphatic rings. The van der Waals surface area contributed by atoms with E-state index in [1.165, 1.54) is 5.57 Å². The summed E-state index contributed by atoms with van der Waals surface area (Å²) < 4.78 is 33.0. The Labute approximate surface area is 117 Å². The van der Waals surface area contributed by atoms with Crippen molar-refractivity contribution in [2.75, 3.05) is 6.61 Å². The van der Waals surface area contributed by atoms with Gasteiger partial charge in [-0.15, -0.1) is 9.35 Å². The van der Waals surface area contributed by atoms with Gasteiger partial charge in [-0.25, -0.2) is 9.13 Å². The predicted octanol–water partition coefficient (Wildman–Crippen LogP) is 2.84. The summed E-state index contributed by atoms with van der Waals surface area (Å²) in [4.78, 5) is 25.6. The van der Waals surface area contributed by atoms with E-state index in [0.29, 0.717) is 0 Å². The lowest BCUT2D eigenvalue weighted by molar-refractivity contribution is -0.146. The summed E-state index contributed by atoms with van der Waals surface area (Å²) in [6, 6.07) is 0. The smallest absolute Gasteiger partial charge is 0.301 e. The van der Waals surface area contributed by atoms with Crippen LogP contribution in [0, 0.1) is 0 Å². The molecule has 1 atom stereocenters. The summed E-state index contributed by atoms with van der Waals surface area (Å²) in [7, 11) is -9.65. The normalized spacial score (nSPS) is 15.8. The lowest BCUT2D eigenvalue weighted by Gasteiger charge is -2.10. The Balaban J connectivity index is 4.10. The molecule has 10 heteroatoms. The summed E-state index contributed by atoms with van der Waals surface area (Å²) >= 11 is 0. The number of phosphoric ester groups is 1. The van der Waals surface area contributed by atoms with Crippen molar-refractivity contribution in [2.24, 2.45) is 0 Å². The lowest BCUT2D eigenvalue weighted by atomic mass is 10.1. The Bertz CT molecular complexity index is 446. The number of hydrogen-bond acceptors (Lipinski definition) is 5. The zero-order chi connectivity index (χ0) is 15.8. The maximum atomic E-state index is 11.1. The van der Waals surface area contributed by atoms with E-state index in [0.717, 1.165) is 18.4 Å². The van der Waals surface area contributed by atoms with Gasteiger partial charge in [-0.1, -0.05) is 23.3 Å². The maximum absolute atomic E-state index is 11.1. The maximum Gasteiger partial charge on any atom is 0.500 e. The molecule has 0 spiro atoms. The van der Waals surface area contributed by atoms with Crippen molar-refractivity contribution in [1.82, 2.24) is 0 Å². The molecule has 0 fully saturated rings. The van der Waals surface area contributed by atoms with E-state index >= 15 is 0 Å². The first-order valence-electron chi connectivity index (χ1n) is 5.72. The topological polar surface area (TPSA) is 123 Å². The molecule has 1 unspecified atom stereocenters. The third-order valence-corrected chi connectivity index (χ3v) is 3.11. The SMILES string of the molecule is CC(C)=CCC/C(C)=C/COP(=O)(O)OOP(=O)(O)O. The van der Waals surface area contributed by atoms with Gasteiger partial charge >= 0.3 is 15.6 Å². The highest BCUT2D eigenvalue weighted by Crippen LogP contribution is 2.49. The van der Waals surface area contributed by atoms with Gasteiger partial charge in [0.15, 0.2) is 0 Å². The van der Waals surface area contributed by atoms with Crippen molar-refractivity contribution in [3.05, 3.63) is 23.3 Å². The van der Waals surface area contributed by atoms with Crippen LogP contribution in [0.5, 0.6) is 0 Å². The van der Waals surface area contributed by atoms with E-state index in [1.54, 1.807) is 6.08 Å². The van der Waals surface area contributed by atoms with E-state index < -0.39 is 15.6 Å². The summed E-state index contributed by atoms with van der Waals surface area (Å²) in [6.45, 7) is 5.57. The van der Waals surface area contributed by atoms with Gasteiger partial charge in [-0.05, 0) is 33.6 Å². The zero-order valence-electron chi connectivity index (χ0n) is 11.6. The largest absolute Gasteiger partial charge is 0.500 e. The van der Waals surface area contributed by atoms with Gasteiger partial charge in [0, 0.05) is 0 Å². The van der Waals surface area contributed by atoms with Crippen molar-refractivity contribution in [3.63, 3.8) is 0 Å². The number of hydrogen-bond donors (Lipinski definition) is 3. The van der Waals surface area contributed by atoms with Crippen molar-refractivity contribution >= 4 is 15.6 Å². The van der Waals surface area contributed by atoms with Crippen LogP contribution < -0.4 is 0 Å². The van der Waals surface area contributed by atoms with Crippen LogP contribution in [0.25, 0.3) is 0 Å². The third kappa shape index (κ3) is 12.7. The molecule has 8 nitrogen and oxygen atoms in total. The standard InChI is InChI=1S/C10H20O8P2/c1-9(2)5-4-6-10(3)7-8-16-20(14,15)18-17-19(11,12)13/h5,7H,4,6,8H2,1-3H3,(H,14,15)(H2,11,12,13)/b10-7+. The molecule has 0 aromatic heterocycles. The van der Waals surface area contributed by atoms with Crippen LogP contribution in [0.1, 0.15) is 33.6 Å². The molecule has 0 aromatic carbocycles. The van der Waals surface area contributed by atoms with E-state index in [2.05, 4.69) is 19.9 Å². The highest BCUT2D eigenvalue weighted by Gasteiger charge is 2.28. The Morgan fingerprint density at radius 3 is 2.15 bits per heavy atom. The first-order chi connectivity index (χ1) is 9.02. The van der Waals surface area contributed by atoms with E-state index in [4.69, 9.17) is 14.7 Å². The second-order valence-corrected chi connectivity index (χ2v) is 6.75. The second-order valence-electron chi connectivity index (χ2n) is 4.27. The molecule has 20 heavy (non-hydrogen) atoms. The van der Waals surface area contributed by atoms with Crippen LogP contribution in [0.15, 0.2) is 23.3 Å². The zero-order valence-corrected chi connectivity index (χ0v) is 13.3. The molecule has 0 heterocycles. The molecule has 0 aliphatic heterocycles. The minimum Gasteiger partial charge on any atom is -0.301 e. The first kappa shape index (κ1) is 19.7. The second kappa shape index (κ2) is 8.87. The predicted molar refractivity (Wildman–Crippen MR) is 72.4 cm³/mol. The molecule has 0 aromatic rings. The molecule has 0 radical (unpaired) electrons. The quantitative estimate of drug-likeness (QED) is 0.255. The highest BCUT2D eigenvalue weighted by atomic mass is 31.2. The molecule has 0 aliphatic carbocycles. The molecule has 0 saturated heterocycles. The Kier molecular flexibility index (Phi) is 8.74. The summed E-state index contributed by atoms with van der Waals surface area (Å²) in [5.74, 6) is 0. The Morgan fingerprint density at radius 1 is 1.05 bits per heavy atom. The first-order valence-corrected chi connectivity index (χ1v) is 8.74. The van der Waals surface area contributed by atoms with Crippen molar-refractivity contribution < 1.29 is 37.7 Å². The van der Waals surface area contributed by atoms with Crippen LogP contribution in [0.2, 0.25) is 0 Å². The van der Waals surface area contributed by atoms with Crippen LogP contribution in [0.4, 0.5) is 0 Å². The Morgan fingerprint density at radius 2 is 1.65 bits per heavy atom. The third-order valence-electron chi connectivity index (χ3n) is 1.99. The van der Waals surface area contributed by atoms with Crippen molar-refractivity contribution in [2.45, 2.75) is 33.6 Å². The molecular formula is C10H20O8P2. The van der Waals surface area contributed by atoms with E-state index in [1.807, 2.05) is 20.8 Å². The molecule has 0 saturated carbocycles. The van der Waals surface area contributed by atoms with Crippen LogP contribution in [-0.2, 0) is 23.0 Å². The summed E-state index contributed by atoms with van der Waals surface area (Å²) in [6.07, 6.45) is 5.25. The average molecular weight is 330 g/mol. The van der Waals surface area contributed by atoms with Gasteiger partial charge in [0.1, 0.15) is 0 Å². The van der Waals surface area contributed by atoms with E-state index in [9.17, 15) is 9.13 Å². The van der Waals surface area contributed by atoms with Gasteiger partial charge in [-0.3, -0.25) is 4.52 Å². The fourth-order valence-electron chi connectivity index (χ4n) is 1.07. The van der Waals surface area contributed by atoms with Crippen molar-refractivity contribution in [3.8, 4) is 0 Å². The molecule has 0 amide bonds. The molecular weight excluding hydrogens is 310 g/mol. The minimum atomic E-state index is -4.99. The minimum absolute atomic E-state index is 0.237. The van der Waals surface area contributed by atoms with Crippen LogP contribution >= 0.6 is 15.6 Å². The van der Waals surface area contributed by atoms with Gasteiger partial charge < -0.3 is 14.7 Å². The fraction of sp³-hybridized carbons (Fsp3) is 0.600. The van der Waals surface area contributed by atoms with Crippen molar-refractivity contribution in [1.29, 1.82) is 0 Å². The number of rotatable bonds is 9. The Hall–Kier alpha value is -0.300. The monoisotopic (exact) mass is 330 g/mol. The van der Waals surface area contributed by atoms with Gasteiger partial charge in [0.2, 0.25) is 0 Å². The fourth-order valence-corrected chi connectivity index (χ4v) is 2.06. The highest BCUT2D eigenvalue weighted by molar-refractivity contribution is 7.49. The van der Waals surface area contributed by atoms with Gasteiger partial charge in [0.25, 0.3) is 0 Å². The van der Waals surface area contributed by atoms with Crippen LogP contribution in [0.3, 0.4) is 0 Å². The number of phosphoric acid groups is 2. The molecule has 0 bridgehead atoms. The van der Waals surface area contributed by atoms with Crippen LogP contribution in [-0.4, -0.2) is 21.3 Å². The lowest BCUT2D eigenvalue weighted by Crippen LogP contribution is -1.96. The molecule has 0 rings (SSSR count). The van der Waals surface area contributed by atoms with Gasteiger partial charge in [-0.2, -0.15) is 0 Å². The average Bonchev–Trinajstić information content (AvgIpc) is 2.25. The summed E-state index contributed by atoms with van der Waals surface area (Å²) in [5, 5.41) is 0. The van der Waals surface area contributed by atoms with E-state index in [-0.39, 0.29) is 6.61 Å². The molecule has 3 N–H and O–H groups in total. The summed E-state index contributed by atoms with van der Waals surface area (Å²) in [5.41, 5.74) is 2.15. The van der Waals surface area contributed by atoms with Gasteiger partial charge in [0.05, 0.1) is 6.61 Å². The number of allylic oxidation sites excluding steroid dienone is 3. The molecule has 118 valence electrons.